The maximum Gasteiger partial charge on any atom is 0.490 e. The van der Waals surface area contributed by atoms with Gasteiger partial charge in [-0.2, -0.15) is 18.3 Å². The molecule has 0 unspecified atom stereocenters. The number of aryl methyl sites for hydroxylation is 1. The number of amides is 1. The van der Waals surface area contributed by atoms with Crippen LogP contribution in [0.25, 0.3) is 5.65 Å². The minimum atomic E-state index is -5.08. The van der Waals surface area contributed by atoms with Crippen LogP contribution in [0.15, 0.2) is 35.1 Å². The number of carbonyl (C=O) groups is 2. The molecule has 0 saturated carbocycles. The number of imidazole rings is 1. The van der Waals surface area contributed by atoms with Crippen LogP contribution in [0, 0.1) is 0 Å². The average Bonchev–Trinajstić information content (AvgIpc) is 3.31. The standard InChI is InChI=1S/C15H19N5O2.C2HF3O2/c1-18(2)10-12-4-5-13(22-12)14(21)16-8-11-9-17-20-7-6-19(3)15(11)20;3-2(4,5)1(6)7/h4-7,9H,8,10H2,1-3H3,(H,16,21);(H,6,7). The van der Waals surface area contributed by atoms with Gasteiger partial charge in [0.25, 0.3) is 5.91 Å². The van der Waals surface area contributed by atoms with E-state index in [1.807, 2.05) is 49.1 Å². The van der Waals surface area contributed by atoms with Crippen molar-refractivity contribution in [3.8, 4) is 0 Å². The lowest BCUT2D eigenvalue weighted by molar-refractivity contribution is -0.192. The number of rotatable bonds is 5. The van der Waals surface area contributed by atoms with Crippen LogP contribution in [0.1, 0.15) is 21.9 Å². The van der Waals surface area contributed by atoms with Crippen molar-refractivity contribution < 1.29 is 32.3 Å². The van der Waals surface area contributed by atoms with Gasteiger partial charge in [-0.15, -0.1) is 0 Å². The fourth-order valence-electron chi connectivity index (χ4n) is 2.41. The third kappa shape index (κ3) is 5.85. The van der Waals surface area contributed by atoms with E-state index in [-0.39, 0.29) is 5.91 Å². The largest absolute Gasteiger partial charge is 0.490 e. The molecule has 0 aliphatic heterocycles. The van der Waals surface area contributed by atoms with E-state index in [9.17, 15) is 18.0 Å². The number of nitrogens with zero attached hydrogens (tertiary/aromatic N) is 4. The van der Waals surface area contributed by atoms with E-state index in [2.05, 4.69) is 10.4 Å². The van der Waals surface area contributed by atoms with Gasteiger partial charge in [0.05, 0.1) is 12.7 Å². The number of halogens is 3. The molecule has 29 heavy (non-hydrogen) atoms. The van der Waals surface area contributed by atoms with E-state index in [1.165, 1.54) is 0 Å². The molecule has 0 atom stereocenters. The molecular formula is C17H20F3N5O4. The Balaban J connectivity index is 0.000000370. The minimum absolute atomic E-state index is 0.224. The number of furan rings is 1. The summed E-state index contributed by atoms with van der Waals surface area (Å²) in [6, 6.07) is 3.52. The summed E-state index contributed by atoms with van der Waals surface area (Å²) in [5.41, 5.74) is 1.92. The number of nitrogens with one attached hydrogen (secondary N) is 1. The first-order valence-electron chi connectivity index (χ1n) is 8.28. The molecule has 0 spiro atoms. The zero-order valence-corrected chi connectivity index (χ0v) is 15.9. The number of aliphatic carboxylic acids is 1. The van der Waals surface area contributed by atoms with E-state index in [4.69, 9.17) is 14.3 Å². The van der Waals surface area contributed by atoms with Crippen molar-refractivity contribution in [1.82, 2.24) is 24.4 Å². The second-order valence-electron chi connectivity index (χ2n) is 6.34. The predicted molar refractivity (Wildman–Crippen MR) is 95.1 cm³/mol. The van der Waals surface area contributed by atoms with E-state index < -0.39 is 12.1 Å². The highest BCUT2D eigenvalue weighted by Crippen LogP contribution is 2.13. The van der Waals surface area contributed by atoms with Crippen molar-refractivity contribution in [1.29, 1.82) is 0 Å². The van der Waals surface area contributed by atoms with Gasteiger partial charge in [0.1, 0.15) is 11.4 Å². The Morgan fingerprint density at radius 1 is 1.28 bits per heavy atom. The van der Waals surface area contributed by atoms with E-state index >= 15 is 0 Å². The number of hydrogen-bond donors (Lipinski definition) is 2. The van der Waals surface area contributed by atoms with Crippen LogP contribution in [-0.4, -0.2) is 56.3 Å². The Morgan fingerprint density at radius 2 is 1.93 bits per heavy atom. The molecule has 0 aliphatic rings. The van der Waals surface area contributed by atoms with Gasteiger partial charge in [-0.1, -0.05) is 0 Å². The number of fused-ring (bicyclic) bond motifs is 1. The molecule has 0 bridgehead atoms. The molecule has 158 valence electrons. The van der Waals surface area contributed by atoms with E-state index in [0.29, 0.717) is 18.8 Å². The number of aromatic nitrogens is 3. The molecule has 0 aromatic carbocycles. The summed E-state index contributed by atoms with van der Waals surface area (Å²) in [6.45, 7) is 1.07. The molecule has 1 amide bonds. The molecule has 3 heterocycles. The van der Waals surface area contributed by atoms with Gasteiger partial charge in [0, 0.05) is 31.5 Å². The zero-order chi connectivity index (χ0) is 21.8. The molecule has 0 aliphatic carbocycles. The van der Waals surface area contributed by atoms with Crippen LogP contribution >= 0.6 is 0 Å². The summed E-state index contributed by atoms with van der Waals surface area (Å²) in [5.74, 6) is -1.89. The van der Waals surface area contributed by atoms with Gasteiger partial charge in [0.15, 0.2) is 5.76 Å². The summed E-state index contributed by atoms with van der Waals surface area (Å²) >= 11 is 0. The topological polar surface area (TPSA) is 105 Å². The smallest absolute Gasteiger partial charge is 0.475 e. The number of alkyl halides is 3. The first-order chi connectivity index (χ1) is 13.5. The lowest BCUT2D eigenvalue weighted by Gasteiger charge is -2.06. The number of carboxylic acids is 1. The van der Waals surface area contributed by atoms with Crippen LogP contribution in [0.2, 0.25) is 0 Å². The quantitative estimate of drug-likeness (QED) is 0.660. The van der Waals surface area contributed by atoms with Crippen molar-refractivity contribution >= 4 is 17.5 Å². The Kier molecular flexibility index (Phi) is 6.69. The van der Waals surface area contributed by atoms with Crippen LogP contribution in [0.3, 0.4) is 0 Å². The second-order valence-corrected chi connectivity index (χ2v) is 6.34. The van der Waals surface area contributed by atoms with E-state index in [0.717, 1.165) is 17.0 Å². The van der Waals surface area contributed by atoms with Crippen molar-refractivity contribution in [2.45, 2.75) is 19.3 Å². The first-order valence-corrected chi connectivity index (χ1v) is 8.28. The summed E-state index contributed by atoms with van der Waals surface area (Å²) in [4.78, 5) is 23.0. The Morgan fingerprint density at radius 3 is 2.52 bits per heavy atom. The highest BCUT2D eigenvalue weighted by atomic mass is 19.4. The molecule has 0 radical (unpaired) electrons. The van der Waals surface area contributed by atoms with Crippen LogP contribution in [-0.2, 0) is 24.9 Å². The number of carbonyl (C=O) groups excluding carboxylic acids is 1. The fourth-order valence-corrected chi connectivity index (χ4v) is 2.41. The van der Waals surface area contributed by atoms with Crippen molar-refractivity contribution in [3.05, 3.63) is 47.8 Å². The van der Waals surface area contributed by atoms with E-state index in [1.54, 1.807) is 16.8 Å². The summed E-state index contributed by atoms with van der Waals surface area (Å²) in [5, 5.41) is 14.2. The molecule has 9 nitrogen and oxygen atoms in total. The third-order valence-corrected chi connectivity index (χ3v) is 3.65. The third-order valence-electron chi connectivity index (χ3n) is 3.65. The summed E-state index contributed by atoms with van der Waals surface area (Å²) in [6.07, 6.45) is 0.476. The second kappa shape index (κ2) is 8.82. The highest BCUT2D eigenvalue weighted by Gasteiger charge is 2.38. The maximum atomic E-state index is 12.1. The molecule has 0 saturated heterocycles. The summed E-state index contributed by atoms with van der Waals surface area (Å²) in [7, 11) is 5.85. The SMILES string of the molecule is CN(C)Cc1ccc(C(=O)NCc2cnn3ccn(C)c23)o1.O=C(O)C(F)(F)F. The molecular weight excluding hydrogens is 395 g/mol. The van der Waals surface area contributed by atoms with Gasteiger partial charge in [0.2, 0.25) is 0 Å². The van der Waals surface area contributed by atoms with Gasteiger partial charge in [-0.05, 0) is 26.2 Å². The lowest BCUT2D eigenvalue weighted by atomic mass is 10.3. The predicted octanol–water partition coefficient (Wildman–Crippen LogP) is 1.89. The summed E-state index contributed by atoms with van der Waals surface area (Å²) < 4.78 is 41.0. The molecule has 2 N–H and O–H groups in total. The molecule has 3 aromatic rings. The van der Waals surface area contributed by atoms with Crippen molar-refractivity contribution in [2.24, 2.45) is 7.05 Å². The number of carboxylic acid groups (broad SMARTS) is 1. The highest BCUT2D eigenvalue weighted by molar-refractivity contribution is 5.91. The van der Waals surface area contributed by atoms with Crippen LogP contribution in [0.5, 0.6) is 0 Å². The van der Waals surface area contributed by atoms with Crippen LogP contribution < -0.4 is 5.32 Å². The molecule has 0 fully saturated rings. The van der Waals surface area contributed by atoms with Gasteiger partial charge < -0.3 is 24.3 Å². The average molecular weight is 415 g/mol. The molecule has 3 aromatic heterocycles. The normalized spacial score (nSPS) is 11.4. The van der Waals surface area contributed by atoms with Crippen molar-refractivity contribution in [3.63, 3.8) is 0 Å². The first kappa shape index (κ1) is 22.0. The Bertz CT molecular complexity index is 987. The minimum Gasteiger partial charge on any atom is -0.475 e. The Labute approximate surface area is 163 Å². The lowest BCUT2D eigenvalue weighted by Crippen LogP contribution is -2.22. The van der Waals surface area contributed by atoms with Crippen molar-refractivity contribution in [2.75, 3.05) is 14.1 Å². The van der Waals surface area contributed by atoms with Gasteiger partial charge >= 0.3 is 12.1 Å². The van der Waals surface area contributed by atoms with Gasteiger partial charge in [-0.25, -0.2) is 9.31 Å². The van der Waals surface area contributed by atoms with Crippen LogP contribution in [0.4, 0.5) is 13.2 Å². The monoisotopic (exact) mass is 415 g/mol. The fraction of sp³-hybridized carbons (Fsp3) is 0.353. The maximum absolute atomic E-state index is 12.1. The Hall–Kier alpha value is -3.28. The molecule has 3 rings (SSSR count). The van der Waals surface area contributed by atoms with Gasteiger partial charge in [-0.3, -0.25) is 4.79 Å². The zero-order valence-electron chi connectivity index (χ0n) is 15.9. The number of hydrogen-bond acceptors (Lipinski definition) is 5. The molecule has 12 heteroatoms.